The van der Waals surface area contributed by atoms with Gasteiger partial charge in [0, 0.05) is 17.3 Å². The van der Waals surface area contributed by atoms with Crippen molar-refractivity contribution < 1.29 is 21.6 Å². The van der Waals surface area contributed by atoms with Crippen molar-refractivity contribution >= 4 is 53.8 Å². The summed E-state index contributed by atoms with van der Waals surface area (Å²) in [6.07, 6.45) is 1.48. The Bertz CT molecular complexity index is 1180. The van der Waals surface area contributed by atoms with Crippen LogP contribution in [0.1, 0.15) is 0 Å². The molecule has 3 aromatic rings. The number of sulfonamides is 2. The fraction of sp³-hybridized carbons (Fsp3) is 0.0625. The number of methoxy groups -OCH3 is 1. The number of aromatic nitrogens is 1. The van der Waals surface area contributed by atoms with E-state index in [1.54, 1.807) is 5.38 Å². The maximum absolute atomic E-state index is 12.5. The lowest BCUT2D eigenvalue weighted by atomic mass is 10.3. The van der Waals surface area contributed by atoms with Crippen LogP contribution in [0.4, 0.5) is 10.8 Å². The molecule has 0 aliphatic rings. The average molecular weight is 460 g/mol. The minimum absolute atomic E-state index is 0.0295. The molecule has 0 unspecified atom stereocenters. The van der Waals surface area contributed by atoms with Gasteiger partial charge in [0.1, 0.15) is 5.75 Å². The van der Waals surface area contributed by atoms with E-state index in [4.69, 9.17) is 16.3 Å². The van der Waals surface area contributed by atoms with E-state index in [1.807, 2.05) is 0 Å². The van der Waals surface area contributed by atoms with Gasteiger partial charge in [-0.1, -0.05) is 11.6 Å². The van der Waals surface area contributed by atoms with E-state index in [2.05, 4.69) is 14.4 Å². The largest absolute Gasteiger partial charge is 0.495 e. The number of halogens is 1. The van der Waals surface area contributed by atoms with E-state index in [1.165, 1.54) is 55.8 Å². The molecule has 8 nitrogen and oxygen atoms in total. The fourth-order valence-electron chi connectivity index (χ4n) is 2.18. The van der Waals surface area contributed by atoms with Crippen LogP contribution in [0.25, 0.3) is 0 Å². The summed E-state index contributed by atoms with van der Waals surface area (Å²) in [4.78, 5) is 3.78. The lowest BCUT2D eigenvalue weighted by Gasteiger charge is -2.11. The van der Waals surface area contributed by atoms with Gasteiger partial charge in [-0.15, -0.1) is 11.3 Å². The van der Waals surface area contributed by atoms with E-state index < -0.39 is 20.0 Å². The number of benzene rings is 2. The molecule has 0 spiro atoms. The normalized spacial score (nSPS) is 11.8. The Kier molecular flexibility index (Phi) is 5.79. The van der Waals surface area contributed by atoms with Gasteiger partial charge in [0.2, 0.25) is 0 Å². The molecule has 0 amide bonds. The number of thiazole rings is 1. The van der Waals surface area contributed by atoms with E-state index in [0.29, 0.717) is 5.75 Å². The predicted molar refractivity (Wildman–Crippen MR) is 108 cm³/mol. The predicted octanol–water partition coefficient (Wildman–Crippen LogP) is 3.41. The first-order valence-electron chi connectivity index (χ1n) is 7.60. The lowest BCUT2D eigenvalue weighted by Crippen LogP contribution is -2.14. The molecule has 0 radical (unpaired) electrons. The summed E-state index contributed by atoms with van der Waals surface area (Å²) in [5, 5.41) is 2.03. The Morgan fingerprint density at radius 1 is 0.964 bits per heavy atom. The number of hydrogen-bond acceptors (Lipinski definition) is 7. The Morgan fingerprint density at radius 2 is 1.61 bits per heavy atom. The highest BCUT2D eigenvalue weighted by Crippen LogP contribution is 2.28. The van der Waals surface area contributed by atoms with Crippen molar-refractivity contribution in [3.8, 4) is 5.75 Å². The molecule has 28 heavy (non-hydrogen) atoms. The van der Waals surface area contributed by atoms with Crippen LogP contribution in [0.5, 0.6) is 5.75 Å². The van der Waals surface area contributed by atoms with Crippen LogP contribution in [0.15, 0.2) is 63.8 Å². The molecule has 0 bridgehead atoms. The molecule has 0 atom stereocenters. The van der Waals surface area contributed by atoms with E-state index in [-0.39, 0.29) is 25.6 Å². The van der Waals surface area contributed by atoms with Crippen LogP contribution in [0, 0.1) is 0 Å². The Balaban J connectivity index is 1.79. The SMILES string of the molecule is COc1ccc(S(=O)(=O)Nc2ccc(S(=O)(=O)Nc3nccs3)cc2)cc1Cl. The summed E-state index contributed by atoms with van der Waals surface area (Å²) in [5.41, 5.74) is 0.195. The standard InChI is InChI=1S/C16H14ClN3O5S3/c1-25-15-7-6-13(10-14(15)17)28(23,24)19-11-2-4-12(5-3-11)27(21,22)20-16-18-8-9-26-16/h2-10,19H,1H3,(H,18,20). The van der Waals surface area contributed by atoms with Gasteiger partial charge in [-0.2, -0.15) is 0 Å². The number of ether oxygens (including phenoxy) is 1. The molecule has 2 aromatic carbocycles. The summed E-state index contributed by atoms with van der Waals surface area (Å²) in [6.45, 7) is 0. The summed E-state index contributed by atoms with van der Waals surface area (Å²) >= 11 is 7.12. The van der Waals surface area contributed by atoms with Gasteiger partial charge in [-0.25, -0.2) is 21.8 Å². The van der Waals surface area contributed by atoms with E-state index in [9.17, 15) is 16.8 Å². The van der Waals surface area contributed by atoms with Gasteiger partial charge < -0.3 is 4.74 Å². The Morgan fingerprint density at radius 3 is 2.18 bits per heavy atom. The first kappa shape index (κ1) is 20.4. The molecule has 2 N–H and O–H groups in total. The highest BCUT2D eigenvalue weighted by molar-refractivity contribution is 7.93. The molecule has 0 saturated carbocycles. The monoisotopic (exact) mass is 459 g/mol. The van der Waals surface area contributed by atoms with Crippen molar-refractivity contribution in [2.75, 3.05) is 16.6 Å². The smallest absolute Gasteiger partial charge is 0.263 e. The molecule has 0 aliphatic heterocycles. The van der Waals surface area contributed by atoms with Crippen molar-refractivity contribution in [1.29, 1.82) is 0 Å². The number of nitrogens with zero attached hydrogens (tertiary/aromatic N) is 1. The minimum Gasteiger partial charge on any atom is -0.495 e. The summed E-state index contributed by atoms with van der Waals surface area (Å²) in [5.74, 6) is 0.350. The molecule has 12 heteroatoms. The number of rotatable bonds is 7. The molecular formula is C16H14ClN3O5S3. The number of nitrogens with one attached hydrogen (secondary N) is 2. The maximum Gasteiger partial charge on any atom is 0.263 e. The zero-order valence-corrected chi connectivity index (χ0v) is 17.5. The molecule has 0 saturated heterocycles. The van der Waals surface area contributed by atoms with Crippen LogP contribution in [-0.2, 0) is 20.0 Å². The second-order valence-corrected chi connectivity index (χ2v) is 10.0. The van der Waals surface area contributed by atoms with Crippen LogP contribution in [0.2, 0.25) is 5.02 Å². The molecule has 0 fully saturated rings. The maximum atomic E-state index is 12.5. The molecular weight excluding hydrogens is 446 g/mol. The van der Waals surface area contributed by atoms with Gasteiger partial charge in [0.25, 0.3) is 20.0 Å². The third-order valence-corrected chi connectivity index (χ3v) is 7.35. The van der Waals surface area contributed by atoms with E-state index in [0.717, 1.165) is 11.3 Å². The Labute approximate surface area is 171 Å². The molecule has 0 aliphatic carbocycles. The van der Waals surface area contributed by atoms with Crippen LogP contribution in [-0.4, -0.2) is 28.9 Å². The van der Waals surface area contributed by atoms with Crippen molar-refractivity contribution in [1.82, 2.24) is 4.98 Å². The van der Waals surface area contributed by atoms with E-state index >= 15 is 0 Å². The van der Waals surface area contributed by atoms with Gasteiger partial charge in [0.05, 0.1) is 21.9 Å². The third kappa shape index (κ3) is 4.55. The Hall–Kier alpha value is -2.34. The molecule has 1 aromatic heterocycles. The molecule has 148 valence electrons. The van der Waals surface area contributed by atoms with Crippen molar-refractivity contribution in [3.05, 3.63) is 59.1 Å². The van der Waals surface area contributed by atoms with Crippen LogP contribution in [0.3, 0.4) is 0 Å². The zero-order chi connectivity index (χ0) is 20.4. The average Bonchev–Trinajstić information content (AvgIpc) is 3.14. The second kappa shape index (κ2) is 7.95. The van der Waals surface area contributed by atoms with Gasteiger partial charge in [-0.3, -0.25) is 9.44 Å². The summed E-state index contributed by atoms with van der Waals surface area (Å²) in [7, 11) is -6.31. The highest BCUT2D eigenvalue weighted by atomic mass is 35.5. The van der Waals surface area contributed by atoms with Crippen molar-refractivity contribution in [3.63, 3.8) is 0 Å². The topological polar surface area (TPSA) is 114 Å². The fourth-order valence-corrected chi connectivity index (χ4v) is 5.37. The molecule has 1 heterocycles. The first-order valence-corrected chi connectivity index (χ1v) is 11.8. The number of anilines is 2. The van der Waals surface area contributed by atoms with Gasteiger partial charge >= 0.3 is 0 Å². The second-order valence-electron chi connectivity index (χ2n) is 5.37. The highest BCUT2D eigenvalue weighted by Gasteiger charge is 2.18. The summed E-state index contributed by atoms with van der Waals surface area (Å²) < 4.78 is 59.3. The molecule has 3 rings (SSSR count). The lowest BCUT2D eigenvalue weighted by molar-refractivity contribution is 0.414. The van der Waals surface area contributed by atoms with Crippen LogP contribution < -0.4 is 14.2 Å². The quantitative estimate of drug-likeness (QED) is 0.559. The van der Waals surface area contributed by atoms with Crippen molar-refractivity contribution in [2.45, 2.75) is 9.79 Å². The minimum atomic E-state index is -3.91. The first-order chi connectivity index (χ1) is 13.2. The summed E-state index contributed by atoms with van der Waals surface area (Å²) in [6, 6.07) is 9.32. The van der Waals surface area contributed by atoms with Crippen LogP contribution >= 0.6 is 22.9 Å². The van der Waals surface area contributed by atoms with Gasteiger partial charge in [0.15, 0.2) is 5.13 Å². The zero-order valence-electron chi connectivity index (χ0n) is 14.3. The van der Waals surface area contributed by atoms with Gasteiger partial charge in [-0.05, 0) is 42.5 Å². The number of hydrogen-bond donors (Lipinski definition) is 2. The van der Waals surface area contributed by atoms with Crippen molar-refractivity contribution in [2.24, 2.45) is 0 Å². The third-order valence-electron chi connectivity index (χ3n) is 3.50.